The zero-order chi connectivity index (χ0) is 28.5. The van der Waals surface area contributed by atoms with Gasteiger partial charge in [0.2, 0.25) is 0 Å². The van der Waals surface area contributed by atoms with Gasteiger partial charge in [-0.3, -0.25) is 9.59 Å². The van der Waals surface area contributed by atoms with Crippen molar-refractivity contribution in [2.45, 2.75) is 82.4 Å². The molecule has 0 unspecified atom stereocenters. The maximum atomic E-state index is 14.3. The van der Waals surface area contributed by atoms with Gasteiger partial charge in [0.05, 0.1) is 23.0 Å². The molecule has 0 aliphatic carbocycles. The summed E-state index contributed by atoms with van der Waals surface area (Å²) < 4.78 is 32.2. The molecule has 10 heteroatoms. The summed E-state index contributed by atoms with van der Waals surface area (Å²) in [5, 5.41) is 10.7. The molecule has 1 fully saturated rings. The predicted molar refractivity (Wildman–Crippen MR) is 149 cm³/mol. The molecular weight excluding hydrogens is 549 g/mol. The van der Waals surface area contributed by atoms with Crippen LogP contribution in [0.25, 0.3) is 0 Å². The molecule has 1 heterocycles. The molecule has 7 nitrogen and oxygen atoms in total. The van der Waals surface area contributed by atoms with Crippen molar-refractivity contribution in [3.05, 3.63) is 69.7 Å². The van der Waals surface area contributed by atoms with Crippen molar-refractivity contribution in [1.82, 2.24) is 4.90 Å². The first-order valence-electron chi connectivity index (χ1n) is 12.6. The number of hydrogen-bond donors (Lipinski definition) is 1. The average molecular weight is 585 g/mol. The second-order valence-electron chi connectivity index (χ2n) is 10.7. The zero-order valence-electron chi connectivity index (χ0n) is 22.3. The van der Waals surface area contributed by atoms with E-state index in [0.29, 0.717) is 27.6 Å². The number of aliphatic carboxylic acids is 1. The molecule has 1 saturated heterocycles. The normalized spacial score (nSPS) is 23.3. The third-order valence-electron chi connectivity index (χ3n) is 7.17. The van der Waals surface area contributed by atoms with Crippen molar-refractivity contribution < 1.29 is 27.9 Å². The number of ether oxygens (including phenoxy) is 1. The smallest absolute Gasteiger partial charge is 0.306 e. The largest absolute Gasteiger partial charge is 0.481 e. The lowest BCUT2D eigenvalue weighted by atomic mass is 9.84. The third-order valence-corrected chi connectivity index (χ3v) is 10.3. The molecule has 208 valence electrons. The van der Waals surface area contributed by atoms with Crippen molar-refractivity contribution in [1.29, 1.82) is 0 Å². The number of nitrogens with zero attached hydrogens (tertiary/aromatic N) is 1. The van der Waals surface area contributed by atoms with Crippen molar-refractivity contribution in [3.8, 4) is 0 Å². The molecule has 1 amide bonds. The Kier molecular flexibility index (Phi) is 9.24. The van der Waals surface area contributed by atoms with Crippen LogP contribution < -0.4 is 0 Å². The van der Waals surface area contributed by atoms with E-state index in [-0.39, 0.29) is 12.2 Å². The van der Waals surface area contributed by atoms with E-state index in [2.05, 4.69) is 0 Å². The summed E-state index contributed by atoms with van der Waals surface area (Å²) in [6.07, 6.45) is -0.966. The van der Waals surface area contributed by atoms with Crippen LogP contribution in [0.4, 0.5) is 0 Å². The number of amides is 1. The summed E-state index contributed by atoms with van der Waals surface area (Å²) in [6, 6.07) is 12.4. The second kappa shape index (κ2) is 11.5. The minimum absolute atomic E-state index is 0.0848. The summed E-state index contributed by atoms with van der Waals surface area (Å²) in [6.45, 7) is 8.40. The van der Waals surface area contributed by atoms with Crippen LogP contribution in [0.1, 0.15) is 77.2 Å². The molecule has 2 aromatic rings. The number of carboxylic acid groups (broad SMARTS) is 1. The topological polar surface area (TPSA) is 101 Å². The molecule has 0 aromatic heterocycles. The second-order valence-corrected chi connectivity index (χ2v) is 14.3. The number of morpholine rings is 1. The molecule has 38 heavy (non-hydrogen) atoms. The highest BCUT2D eigenvalue weighted by molar-refractivity contribution is 7.92. The summed E-state index contributed by atoms with van der Waals surface area (Å²) in [5.41, 5.74) is -0.369. The van der Waals surface area contributed by atoms with E-state index in [1.165, 1.54) is 0 Å². The molecule has 0 saturated carbocycles. The van der Waals surface area contributed by atoms with Crippen LogP contribution in [-0.4, -0.2) is 52.4 Å². The SMILES string of the molecule is CC[C@@H](CS(=O)(=O)C(C)(C)C)N1C(=O)[C@](CC)(CC(=O)O)O[C@H](c2cccc(Cl)c2)[C@H]1c1ccc(Cl)cc1. The van der Waals surface area contributed by atoms with E-state index in [9.17, 15) is 23.1 Å². The zero-order valence-corrected chi connectivity index (χ0v) is 24.6. The van der Waals surface area contributed by atoms with E-state index in [1.807, 2.05) is 13.0 Å². The van der Waals surface area contributed by atoms with Crippen LogP contribution in [0.3, 0.4) is 0 Å². The number of carbonyl (C=O) groups is 2. The number of rotatable bonds is 9. The summed E-state index contributed by atoms with van der Waals surface area (Å²) >= 11 is 12.5. The quantitative estimate of drug-likeness (QED) is 0.374. The Hall–Kier alpha value is -2.13. The molecule has 1 aliphatic heterocycles. The van der Waals surface area contributed by atoms with Crippen LogP contribution in [0, 0.1) is 0 Å². The van der Waals surface area contributed by atoms with Gasteiger partial charge in [-0.2, -0.15) is 0 Å². The van der Waals surface area contributed by atoms with Crippen LogP contribution >= 0.6 is 23.2 Å². The maximum absolute atomic E-state index is 14.3. The average Bonchev–Trinajstić information content (AvgIpc) is 2.83. The molecule has 0 radical (unpaired) electrons. The van der Waals surface area contributed by atoms with Crippen LogP contribution in [-0.2, 0) is 24.2 Å². The van der Waals surface area contributed by atoms with Gasteiger partial charge in [-0.1, -0.05) is 61.3 Å². The maximum Gasteiger partial charge on any atom is 0.306 e. The van der Waals surface area contributed by atoms with Crippen LogP contribution in [0.15, 0.2) is 48.5 Å². The lowest BCUT2D eigenvalue weighted by Gasteiger charge is -2.52. The minimum Gasteiger partial charge on any atom is -0.481 e. The van der Waals surface area contributed by atoms with Gasteiger partial charge in [0, 0.05) is 16.1 Å². The number of benzene rings is 2. The first-order valence-corrected chi connectivity index (χ1v) is 15.0. The summed E-state index contributed by atoms with van der Waals surface area (Å²) in [5.74, 6) is -2.01. The Morgan fingerprint density at radius 1 is 1.08 bits per heavy atom. The number of carboxylic acids is 1. The van der Waals surface area contributed by atoms with Crippen LogP contribution in [0.2, 0.25) is 10.0 Å². The van der Waals surface area contributed by atoms with E-state index >= 15 is 0 Å². The number of hydrogen-bond acceptors (Lipinski definition) is 5. The van der Waals surface area contributed by atoms with Gasteiger partial charge in [-0.15, -0.1) is 0 Å². The van der Waals surface area contributed by atoms with E-state index in [0.717, 1.165) is 0 Å². The third kappa shape index (κ3) is 6.19. The fourth-order valence-electron chi connectivity index (χ4n) is 4.81. The molecule has 3 rings (SSSR count). The Morgan fingerprint density at radius 2 is 1.71 bits per heavy atom. The molecule has 4 atom stereocenters. The number of sulfone groups is 1. The van der Waals surface area contributed by atoms with Crippen molar-refractivity contribution in [3.63, 3.8) is 0 Å². The van der Waals surface area contributed by atoms with Crippen molar-refractivity contribution >= 4 is 44.9 Å². The number of halogens is 2. The lowest BCUT2D eigenvalue weighted by Crippen LogP contribution is -2.62. The molecule has 2 aromatic carbocycles. The number of carbonyl (C=O) groups excluding carboxylic acids is 1. The van der Waals surface area contributed by atoms with Gasteiger partial charge in [0.25, 0.3) is 5.91 Å². The highest BCUT2D eigenvalue weighted by Gasteiger charge is 2.55. The molecule has 1 N–H and O–H groups in total. The van der Waals surface area contributed by atoms with Gasteiger partial charge in [-0.25, -0.2) is 8.42 Å². The highest BCUT2D eigenvalue weighted by atomic mass is 35.5. The summed E-state index contributed by atoms with van der Waals surface area (Å²) in [4.78, 5) is 27.9. The monoisotopic (exact) mass is 583 g/mol. The highest BCUT2D eigenvalue weighted by Crippen LogP contribution is 2.49. The van der Waals surface area contributed by atoms with Crippen molar-refractivity contribution in [2.75, 3.05) is 5.75 Å². The van der Waals surface area contributed by atoms with E-state index < -0.39 is 56.7 Å². The van der Waals surface area contributed by atoms with E-state index in [1.54, 1.807) is 75.1 Å². The Morgan fingerprint density at radius 3 is 2.21 bits per heavy atom. The Labute approximate surface area is 235 Å². The van der Waals surface area contributed by atoms with Gasteiger partial charge in [-0.05, 0) is 69.0 Å². The van der Waals surface area contributed by atoms with Crippen LogP contribution in [0.5, 0.6) is 0 Å². The van der Waals surface area contributed by atoms with Gasteiger partial charge >= 0.3 is 5.97 Å². The molecule has 0 bridgehead atoms. The fourth-order valence-corrected chi connectivity index (χ4v) is 6.53. The lowest BCUT2D eigenvalue weighted by molar-refractivity contribution is -0.210. The van der Waals surface area contributed by atoms with Gasteiger partial charge in [0.1, 0.15) is 6.10 Å². The summed E-state index contributed by atoms with van der Waals surface area (Å²) in [7, 11) is -3.64. The van der Waals surface area contributed by atoms with Gasteiger partial charge < -0.3 is 14.7 Å². The first-order chi connectivity index (χ1) is 17.7. The standard InChI is InChI=1S/C28H35Cl2NO6S/c1-6-22(17-38(35,36)27(3,4)5)31-24(18-11-13-20(29)14-12-18)25(19-9-8-10-21(30)15-19)37-28(7-2,26(31)34)16-23(32)33/h8-15,22,24-25H,6-7,16-17H2,1-5H3,(H,32,33)/t22-,24+,25+,28-/m0/s1. The Balaban J connectivity index is 2.31. The molecular formula is C28H35Cl2NO6S. The van der Waals surface area contributed by atoms with Gasteiger partial charge in [0.15, 0.2) is 15.4 Å². The molecule has 1 aliphatic rings. The predicted octanol–water partition coefficient (Wildman–Crippen LogP) is 6.25. The Bertz CT molecular complexity index is 1270. The van der Waals surface area contributed by atoms with Crippen molar-refractivity contribution in [2.24, 2.45) is 0 Å². The minimum atomic E-state index is -3.64. The first kappa shape index (κ1) is 30.4. The van der Waals surface area contributed by atoms with E-state index in [4.69, 9.17) is 27.9 Å². The fraction of sp³-hybridized carbons (Fsp3) is 0.500. The molecule has 0 spiro atoms.